The molecule has 3 aromatic heterocycles. The first-order valence-electron chi connectivity index (χ1n) is 6.05. The van der Waals surface area contributed by atoms with Gasteiger partial charge < -0.3 is 5.32 Å². The van der Waals surface area contributed by atoms with Crippen molar-refractivity contribution in [2.24, 2.45) is 0 Å². The Morgan fingerprint density at radius 3 is 2.70 bits per heavy atom. The summed E-state index contributed by atoms with van der Waals surface area (Å²) in [7, 11) is 0. The van der Waals surface area contributed by atoms with Gasteiger partial charge in [0, 0.05) is 35.6 Å². The van der Waals surface area contributed by atoms with Crippen molar-refractivity contribution in [3.05, 3.63) is 60.1 Å². The van der Waals surface area contributed by atoms with E-state index in [0.29, 0.717) is 6.54 Å². The summed E-state index contributed by atoms with van der Waals surface area (Å²) in [6.45, 7) is 0.672. The van der Waals surface area contributed by atoms with Crippen LogP contribution in [-0.2, 0) is 6.54 Å². The number of aromatic nitrogens is 3. The predicted molar refractivity (Wildman–Crippen MR) is 82.0 cm³/mol. The maximum atomic E-state index is 4.41. The summed E-state index contributed by atoms with van der Waals surface area (Å²) in [5, 5.41) is 5.33. The van der Waals surface area contributed by atoms with Crippen LogP contribution in [0, 0.1) is 0 Å². The third-order valence-corrected chi connectivity index (χ3v) is 4.55. The number of anilines is 1. The SMILES string of the molecule is c1csc(Sc2ccc(NCc3cncnc3)nc2)c1. The molecule has 0 bridgehead atoms. The monoisotopic (exact) mass is 300 g/mol. The summed E-state index contributed by atoms with van der Waals surface area (Å²) < 4.78 is 1.27. The molecule has 0 aliphatic heterocycles. The number of nitrogens with zero attached hydrogens (tertiary/aromatic N) is 3. The van der Waals surface area contributed by atoms with Crippen molar-refractivity contribution in [3.63, 3.8) is 0 Å². The molecule has 20 heavy (non-hydrogen) atoms. The van der Waals surface area contributed by atoms with E-state index in [1.54, 1.807) is 35.5 Å². The van der Waals surface area contributed by atoms with Gasteiger partial charge in [0.2, 0.25) is 0 Å². The molecule has 0 aliphatic carbocycles. The Bertz CT molecular complexity index is 639. The molecule has 3 heterocycles. The van der Waals surface area contributed by atoms with Crippen LogP contribution < -0.4 is 5.32 Å². The van der Waals surface area contributed by atoms with Crippen molar-refractivity contribution in [2.45, 2.75) is 15.6 Å². The molecule has 0 radical (unpaired) electrons. The standard InChI is InChI=1S/C14H12N4S2/c1-2-14(19-5-1)20-12-3-4-13(18-9-12)17-8-11-6-15-10-16-7-11/h1-7,9-10H,8H2,(H,17,18). The number of thiophene rings is 1. The smallest absolute Gasteiger partial charge is 0.126 e. The fourth-order valence-electron chi connectivity index (χ4n) is 1.60. The van der Waals surface area contributed by atoms with Gasteiger partial charge in [-0.15, -0.1) is 11.3 Å². The summed E-state index contributed by atoms with van der Waals surface area (Å²) in [6.07, 6.45) is 6.99. The van der Waals surface area contributed by atoms with Gasteiger partial charge in [-0.3, -0.25) is 0 Å². The molecule has 0 spiro atoms. The third kappa shape index (κ3) is 3.55. The van der Waals surface area contributed by atoms with E-state index in [1.807, 2.05) is 12.3 Å². The van der Waals surface area contributed by atoms with Crippen molar-refractivity contribution < 1.29 is 0 Å². The van der Waals surface area contributed by atoms with E-state index in [-0.39, 0.29) is 0 Å². The van der Waals surface area contributed by atoms with Gasteiger partial charge in [0.15, 0.2) is 0 Å². The molecule has 0 atom stereocenters. The Morgan fingerprint density at radius 2 is 2.00 bits per heavy atom. The topological polar surface area (TPSA) is 50.7 Å². The minimum absolute atomic E-state index is 0.672. The van der Waals surface area contributed by atoms with E-state index in [2.05, 4.69) is 43.8 Å². The van der Waals surface area contributed by atoms with E-state index in [9.17, 15) is 0 Å². The van der Waals surface area contributed by atoms with Crippen LogP contribution in [0.1, 0.15) is 5.56 Å². The molecule has 0 amide bonds. The van der Waals surface area contributed by atoms with E-state index in [4.69, 9.17) is 0 Å². The van der Waals surface area contributed by atoms with Gasteiger partial charge in [-0.2, -0.15) is 0 Å². The summed E-state index contributed by atoms with van der Waals surface area (Å²) in [5.74, 6) is 0.851. The van der Waals surface area contributed by atoms with E-state index < -0.39 is 0 Å². The Labute approximate surface area is 125 Å². The maximum absolute atomic E-state index is 4.41. The highest BCUT2D eigenvalue weighted by molar-refractivity contribution is 8.01. The van der Waals surface area contributed by atoms with E-state index >= 15 is 0 Å². The molecule has 0 aromatic carbocycles. The number of hydrogen-bond acceptors (Lipinski definition) is 6. The fourth-order valence-corrected chi connectivity index (χ4v) is 3.31. The van der Waals surface area contributed by atoms with Crippen LogP contribution in [0.25, 0.3) is 0 Å². The normalized spacial score (nSPS) is 10.4. The zero-order valence-corrected chi connectivity index (χ0v) is 12.2. The molecular weight excluding hydrogens is 288 g/mol. The maximum Gasteiger partial charge on any atom is 0.126 e. The first-order chi connectivity index (χ1) is 9.90. The van der Waals surface area contributed by atoms with Crippen molar-refractivity contribution in [3.8, 4) is 0 Å². The van der Waals surface area contributed by atoms with Gasteiger partial charge in [0.25, 0.3) is 0 Å². The lowest BCUT2D eigenvalue weighted by Gasteiger charge is -2.05. The van der Waals surface area contributed by atoms with Crippen molar-refractivity contribution in [1.29, 1.82) is 0 Å². The number of hydrogen-bond donors (Lipinski definition) is 1. The molecule has 0 unspecified atom stereocenters. The van der Waals surface area contributed by atoms with Gasteiger partial charge in [0.05, 0.1) is 4.21 Å². The van der Waals surface area contributed by atoms with Crippen molar-refractivity contribution in [1.82, 2.24) is 15.0 Å². The Kier molecular flexibility index (Phi) is 4.25. The van der Waals surface area contributed by atoms with Gasteiger partial charge >= 0.3 is 0 Å². The average molecular weight is 300 g/mol. The van der Waals surface area contributed by atoms with Gasteiger partial charge in [-0.25, -0.2) is 15.0 Å². The van der Waals surface area contributed by atoms with Crippen LogP contribution in [-0.4, -0.2) is 15.0 Å². The van der Waals surface area contributed by atoms with E-state index in [0.717, 1.165) is 16.3 Å². The van der Waals surface area contributed by atoms with E-state index in [1.165, 1.54) is 10.5 Å². The molecular formula is C14H12N4S2. The Hall–Kier alpha value is -1.92. The molecule has 4 nitrogen and oxygen atoms in total. The van der Waals surface area contributed by atoms with Crippen LogP contribution in [0.3, 0.4) is 0 Å². The Morgan fingerprint density at radius 1 is 1.10 bits per heavy atom. The first-order valence-corrected chi connectivity index (χ1v) is 7.75. The molecule has 0 saturated heterocycles. The fraction of sp³-hybridized carbons (Fsp3) is 0.0714. The molecule has 3 rings (SSSR count). The second-order valence-electron chi connectivity index (χ2n) is 4.01. The number of nitrogens with one attached hydrogen (secondary N) is 1. The van der Waals surface area contributed by atoms with Crippen molar-refractivity contribution >= 4 is 28.9 Å². The minimum Gasteiger partial charge on any atom is -0.366 e. The van der Waals surface area contributed by atoms with Gasteiger partial charge in [-0.05, 0) is 23.6 Å². The molecule has 0 fully saturated rings. The highest BCUT2D eigenvalue weighted by atomic mass is 32.2. The van der Waals surface area contributed by atoms with Gasteiger partial charge in [-0.1, -0.05) is 17.8 Å². The highest BCUT2D eigenvalue weighted by Crippen LogP contribution is 2.30. The van der Waals surface area contributed by atoms with Crippen LogP contribution in [0.5, 0.6) is 0 Å². The predicted octanol–water partition coefficient (Wildman–Crippen LogP) is 3.70. The number of rotatable bonds is 5. The summed E-state index contributed by atoms with van der Waals surface area (Å²) in [6, 6.07) is 8.22. The second-order valence-corrected chi connectivity index (χ2v) is 6.34. The molecule has 3 aromatic rings. The van der Waals surface area contributed by atoms with Gasteiger partial charge in [0.1, 0.15) is 12.1 Å². The zero-order valence-electron chi connectivity index (χ0n) is 10.6. The Balaban J connectivity index is 1.59. The lowest BCUT2D eigenvalue weighted by atomic mass is 10.3. The van der Waals surface area contributed by atoms with Crippen molar-refractivity contribution in [2.75, 3.05) is 5.32 Å². The summed E-state index contributed by atoms with van der Waals surface area (Å²) >= 11 is 3.46. The quantitative estimate of drug-likeness (QED) is 0.778. The summed E-state index contributed by atoms with van der Waals surface area (Å²) in [5.41, 5.74) is 1.03. The zero-order chi connectivity index (χ0) is 13.6. The largest absolute Gasteiger partial charge is 0.366 e. The van der Waals surface area contributed by atoms with Crippen LogP contribution in [0.2, 0.25) is 0 Å². The third-order valence-electron chi connectivity index (χ3n) is 2.54. The minimum atomic E-state index is 0.672. The first kappa shape index (κ1) is 13.1. The number of pyridine rings is 1. The lowest BCUT2D eigenvalue weighted by Crippen LogP contribution is -2.01. The molecule has 6 heteroatoms. The molecule has 1 N–H and O–H groups in total. The molecule has 100 valence electrons. The second kappa shape index (κ2) is 6.49. The van der Waals surface area contributed by atoms with Crippen LogP contribution >= 0.6 is 23.1 Å². The lowest BCUT2D eigenvalue weighted by molar-refractivity contribution is 1.03. The molecule has 0 saturated carbocycles. The van der Waals surface area contributed by atoms with Crippen LogP contribution in [0.15, 0.2) is 63.7 Å². The summed E-state index contributed by atoms with van der Waals surface area (Å²) in [4.78, 5) is 13.5. The van der Waals surface area contributed by atoms with Crippen LogP contribution in [0.4, 0.5) is 5.82 Å². The molecule has 0 aliphatic rings. The average Bonchev–Trinajstić information content (AvgIpc) is 3.01. The highest BCUT2D eigenvalue weighted by Gasteiger charge is 2.00.